The average Bonchev–Trinajstić information content (AvgIpc) is 2.80. The van der Waals surface area contributed by atoms with Gasteiger partial charge in [0.2, 0.25) is 5.91 Å². The quantitative estimate of drug-likeness (QED) is 0.431. The zero-order valence-electron chi connectivity index (χ0n) is 17.9. The van der Waals surface area contributed by atoms with Crippen LogP contribution in [0.3, 0.4) is 0 Å². The second kappa shape index (κ2) is 10.9. The van der Waals surface area contributed by atoms with Crippen LogP contribution in [0.2, 0.25) is 0 Å². The molecule has 0 saturated heterocycles. The molecule has 0 saturated carbocycles. The highest BCUT2D eigenvalue weighted by molar-refractivity contribution is 7.91. The van der Waals surface area contributed by atoms with Crippen LogP contribution in [0, 0.1) is 11.6 Å². The molecule has 0 fully saturated rings. The molecule has 1 heterocycles. The number of hydrogen-bond acceptors (Lipinski definition) is 5. The van der Waals surface area contributed by atoms with E-state index < -0.39 is 81.1 Å². The third kappa shape index (κ3) is 6.89. The van der Waals surface area contributed by atoms with E-state index in [1.807, 2.05) is 0 Å². The molecule has 0 spiro atoms. The number of benzene rings is 2. The largest absolute Gasteiger partial charge is 0.389 e. The van der Waals surface area contributed by atoms with Crippen LogP contribution in [0.4, 0.5) is 27.6 Å². The smallest absolute Gasteiger partial charge is 0.352 e. The lowest BCUT2D eigenvalue weighted by molar-refractivity contribution is -0.135. The lowest BCUT2D eigenvalue weighted by Gasteiger charge is -2.25. The molecule has 2 aromatic carbocycles. The van der Waals surface area contributed by atoms with Gasteiger partial charge in [0.05, 0.1) is 34.5 Å². The molecule has 2 amide bonds. The van der Waals surface area contributed by atoms with Crippen LogP contribution in [-0.2, 0) is 21.2 Å². The van der Waals surface area contributed by atoms with Crippen molar-refractivity contribution in [3.63, 3.8) is 0 Å². The fraction of sp³-hybridized carbons (Fsp3) is 0.333. The summed E-state index contributed by atoms with van der Waals surface area (Å²) in [7, 11) is -4.24. The molecule has 1 aliphatic heterocycles. The van der Waals surface area contributed by atoms with Crippen molar-refractivity contribution in [1.29, 1.82) is 0 Å². The Morgan fingerprint density at radius 3 is 2.37 bits per heavy atom. The van der Waals surface area contributed by atoms with Gasteiger partial charge >= 0.3 is 6.18 Å². The van der Waals surface area contributed by atoms with Crippen molar-refractivity contribution in [2.24, 2.45) is 5.73 Å². The Balaban J connectivity index is 0.00000432. The second-order valence-corrected chi connectivity index (χ2v) is 9.72. The van der Waals surface area contributed by atoms with E-state index in [0.717, 1.165) is 23.1 Å². The summed E-state index contributed by atoms with van der Waals surface area (Å²) in [5.41, 5.74) is 5.18. The third-order valence-electron chi connectivity index (χ3n) is 5.08. The first-order valence-electron chi connectivity index (χ1n) is 10.0. The summed E-state index contributed by atoms with van der Waals surface area (Å²) >= 11 is 0. The first kappa shape index (κ1) is 28.5. The molecule has 35 heavy (non-hydrogen) atoms. The number of anilines is 1. The van der Waals surface area contributed by atoms with Gasteiger partial charge in [-0.15, -0.1) is 12.4 Å². The summed E-state index contributed by atoms with van der Waals surface area (Å²) < 4.78 is 90.3. The van der Waals surface area contributed by atoms with Crippen molar-refractivity contribution in [1.82, 2.24) is 5.32 Å². The fourth-order valence-electron chi connectivity index (χ4n) is 3.42. The van der Waals surface area contributed by atoms with Gasteiger partial charge in [-0.05, 0) is 36.2 Å². The van der Waals surface area contributed by atoms with Crippen molar-refractivity contribution in [2.45, 2.75) is 36.5 Å². The van der Waals surface area contributed by atoms with Gasteiger partial charge in [0.1, 0.15) is 11.6 Å². The molecule has 7 nitrogen and oxygen atoms in total. The zero-order valence-corrected chi connectivity index (χ0v) is 19.6. The van der Waals surface area contributed by atoms with Crippen molar-refractivity contribution >= 4 is 39.7 Å². The van der Waals surface area contributed by atoms with E-state index in [1.54, 1.807) is 0 Å². The van der Waals surface area contributed by atoms with Crippen molar-refractivity contribution < 1.29 is 40.0 Å². The maximum absolute atomic E-state index is 14.7. The van der Waals surface area contributed by atoms with E-state index in [-0.39, 0.29) is 24.6 Å². The highest BCUT2D eigenvalue weighted by atomic mass is 35.5. The number of rotatable bonds is 6. The number of halogens is 6. The van der Waals surface area contributed by atoms with Crippen molar-refractivity contribution in [2.75, 3.05) is 17.2 Å². The van der Waals surface area contributed by atoms with Crippen LogP contribution >= 0.6 is 12.4 Å². The van der Waals surface area contributed by atoms with Crippen LogP contribution in [0.15, 0.2) is 41.3 Å². The Morgan fingerprint density at radius 2 is 1.77 bits per heavy atom. The Labute approximate surface area is 203 Å². The monoisotopic (exact) mass is 541 g/mol. The molecule has 3 rings (SSSR count). The topological polar surface area (TPSA) is 110 Å². The molecule has 3 N–H and O–H groups in total. The Kier molecular flexibility index (Phi) is 8.84. The molecule has 0 radical (unpaired) electrons. The molecule has 14 heteroatoms. The van der Waals surface area contributed by atoms with Gasteiger partial charge in [-0.3, -0.25) is 9.59 Å². The number of carbonyl (C=O) groups excluding carboxylic acids is 2. The normalized spacial score (nSPS) is 17.3. The molecule has 1 aliphatic rings. The summed E-state index contributed by atoms with van der Waals surface area (Å²) in [5, 5.41) is 2.15. The minimum Gasteiger partial charge on any atom is -0.352 e. The maximum atomic E-state index is 14.7. The first-order chi connectivity index (χ1) is 15.8. The van der Waals surface area contributed by atoms with E-state index in [0.29, 0.717) is 11.6 Å². The van der Waals surface area contributed by atoms with Crippen molar-refractivity contribution in [3.8, 4) is 0 Å². The van der Waals surface area contributed by atoms with Gasteiger partial charge in [0.25, 0.3) is 5.91 Å². The SMILES string of the molecule is Cl.N[C@H]1CS(=O)(=O)c2cc(F)c(C(=O)NCCCC(F)(F)F)cc2N(Cc2ccc(F)cc2)C1=O. The molecule has 0 aliphatic carbocycles. The summed E-state index contributed by atoms with van der Waals surface area (Å²) in [4.78, 5) is 25.7. The van der Waals surface area contributed by atoms with E-state index in [1.165, 1.54) is 12.1 Å². The lowest BCUT2D eigenvalue weighted by atomic mass is 10.1. The molecular formula is C21H21ClF5N3O4S. The van der Waals surface area contributed by atoms with Gasteiger partial charge in [-0.25, -0.2) is 17.2 Å². The molecule has 192 valence electrons. The molecule has 1 atom stereocenters. The summed E-state index contributed by atoms with van der Waals surface area (Å²) in [6.07, 6.45) is -6.02. The Hall–Kier alpha value is -2.77. The third-order valence-corrected chi connectivity index (χ3v) is 6.87. The number of fused-ring (bicyclic) bond motifs is 1. The lowest BCUT2D eigenvalue weighted by Crippen LogP contribution is -2.45. The zero-order chi connectivity index (χ0) is 25.3. The van der Waals surface area contributed by atoms with E-state index in [4.69, 9.17) is 5.73 Å². The summed E-state index contributed by atoms with van der Waals surface area (Å²) in [6, 6.07) is 4.90. The minimum atomic E-state index is -4.42. The van der Waals surface area contributed by atoms with Crippen LogP contribution < -0.4 is 16.0 Å². The van der Waals surface area contributed by atoms with Crippen LogP contribution in [0.1, 0.15) is 28.8 Å². The molecule has 0 aromatic heterocycles. The van der Waals surface area contributed by atoms with E-state index >= 15 is 0 Å². The molecule has 0 unspecified atom stereocenters. The van der Waals surface area contributed by atoms with Gasteiger partial charge in [-0.2, -0.15) is 13.2 Å². The number of amides is 2. The predicted molar refractivity (Wildman–Crippen MR) is 119 cm³/mol. The highest BCUT2D eigenvalue weighted by Crippen LogP contribution is 2.34. The summed E-state index contributed by atoms with van der Waals surface area (Å²) in [6.45, 7) is -0.663. The second-order valence-electron chi connectivity index (χ2n) is 7.71. The van der Waals surface area contributed by atoms with Gasteiger partial charge in [0, 0.05) is 13.0 Å². The number of nitrogens with one attached hydrogen (secondary N) is 1. The Bertz CT molecular complexity index is 1210. The highest BCUT2D eigenvalue weighted by Gasteiger charge is 2.37. The van der Waals surface area contributed by atoms with E-state index in [2.05, 4.69) is 5.32 Å². The first-order valence-corrected chi connectivity index (χ1v) is 11.7. The number of nitrogens with zero attached hydrogens (tertiary/aromatic N) is 1. The fourth-order valence-corrected chi connectivity index (χ4v) is 4.98. The van der Waals surface area contributed by atoms with Crippen molar-refractivity contribution in [3.05, 3.63) is 59.2 Å². The number of nitrogens with two attached hydrogens (primary N) is 1. The number of carbonyl (C=O) groups is 2. The van der Waals surface area contributed by atoms with Gasteiger partial charge in [0.15, 0.2) is 9.84 Å². The van der Waals surface area contributed by atoms with Crippen LogP contribution in [0.25, 0.3) is 0 Å². The van der Waals surface area contributed by atoms with Gasteiger partial charge in [-0.1, -0.05) is 12.1 Å². The number of alkyl halides is 3. The predicted octanol–water partition coefficient (Wildman–Crippen LogP) is 3.11. The van der Waals surface area contributed by atoms with E-state index in [9.17, 15) is 40.0 Å². The molecule has 0 bridgehead atoms. The molecular weight excluding hydrogens is 521 g/mol. The standard InChI is InChI=1S/C21H20F5N3O4S.ClH/c22-13-4-2-12(3-5-13)10-29-17-8-14(19(30)28-7-1-6-21(24,25)26)15(23)9-18(17)34(32,33)11-16(27)20(29)31;/h2-5,8-9,16H,1,6-7,10-11,27H2,(H,28,30);1H/t16-;/m0./s1. The minimum absolute atomic E-state index is 0. The average molecular weight is 542 g/mol. The van der Waals surface area contributed by atoms with Crippen LogP contribution in [-0.4, -0.2) is 44.7 Å². The molecule has 2 aromatic rings. The number of sulfone groups is 1. The Morgan fingerprint density at radius 1 is 1.14 bits per heavy atom. The van der Waals surface area contributed by atoms with Gasteiger partial charge < -0.3 is 16.0 Å². The van der Waals surface area contributed by atoms with Crippen LogP contribution in [0.5, 0.6) is 0 Å². The maximum Gasteiger partial charge on any atom is 0.389 e. The number of hydrogen-bond donors (Lipinski definition) is 2. The summed E-state index contributed by atoms with van der Waals surface area (Å²) in [5.74, 6) is -4.49.